The van der Waals surface area contributed by atoms with Crippen molar-refractivity contribution in [2.75, 3.05) is 26.7 Å². The summed E-state index contributed by atoms with van der Waals surface area (Å²) < 4.78 is 6.10. The predicted octanol–water partition coefficient (Wildman–Crippen LogP) is 4.03. The summed E-state index contributed by atoms with van der Waals surface area (Å²) in [6.45, 7) is 11.6. The maximum absolute atomic E-state index is 6.10. The highest BCUT2D eigenvalue weighted by molar-refractivity contribution is 5.86. The summed E-state index contributed by atoms with van der Waals surface area (Å²) in [6, 6.07) is 6.46. The highest BCUT2D eigenvalue weighted by Gasteiger charge is 2.35. The molecule has 2 aromatic rings. The van der Waals surface area contributed by atoms with Crippen molar-refractivity contribution in [3.8, 4) is 0 Å². The van der Waals surface area contributed by atoms with Crippen molar-refractivity contribution in [1.82, 2.24) is 15.6 Å². The van der Waals surface area contributed by atoms with Crippen LogP contribution in [0.15, 0.2) is 29.4 Å². The van der Waals surface area contributed by atoms with Gasteiger partial charge in [0.25, 0.3) is 0 Å². The van der Waals surface area contributed by atoms with Crippen molar-refractivity contribution in [3.05, 3.63) is 35.5 Å². The number of aromatic nitrogens is 1. The zero-order valence-corrected chi connectivity index (χ0v) is 18.1. The maximum Gasteiger partial charge on any atom is 0.190 e. The van der Waals surface area contributed by atoms with Crippen LogP contribution in [0.5, 0.6) is 0 Å². The van der Waals surface area contributed by atoms with E-state index in [1.807, 2.05) is 7.05 Å². The first-order chi connectivity index (χ1) is 13.4. The fraction of sp³-hybridized carbons (Fsp3) is 0.609. The molecule has 0 aliphatic carbocycles. The van der Waals surface area contributed by atoms with Crippen molar-refractivity contribution in [1.29, 1.82) is 0 Å². The monoisotopic (exact) mass is 384 g/mol. The Balaban J connectivity index is 1.51. The summed E-state index contributed by atoms with van der Waals surface area (Å²) in [7, 11) is 1.84. The highest BCUT2D eigenvalue weighted by atomic mass is 16.5. The number of aliphatic imine (C=N–C) groups is 1. The number of fused-ring (bicyclic) bond motifs is 1. The lowest BCUT2D eigenvalue weighted by Crippen LogP contribution is -2.47. The lowest BCUT2D eigenvalue weighted by molar-refractivity contribution is -0.0835. The average molecular weight is 385 g/mol. The largest absolute Gasteiger partial charge is 0.377 e. The molecule has 5 heteroatoms. The molecule has 3 N–H and O–H groups in total. The van der Waals surface area contributed by atoms with E-state index in [0.717, 1.165) is 38.5 Å². The van der Waals surface area contributed by atoms with Gasteiger partial charge in [-0.1, -0.05) is 39.0 Å². The normalized spacial score (nSPS) is 21.1. The number of nitrogens with one attached hydrogen (secondary N) is 3. The van der Waals surface area contributed by atoms with E-state index in [2.05, 4.69) is 72.7 Å². The number of rotatable bonds is 5. The molecule has 3 rings (SSSR count). The summed E-state index contributed by atoms with van der Waals surface area (Å²) in [4.78, 5) is 7.81. The molecule has 154 valence electrons. The number of hydrogen-bond acceptors (Lipinski definition) is 2. The number of aryl methyl sites for hydroxylation is 1. The number of ether oxygens (including phenoxy) is 1. The number of nitrogens with zero attached hydrogens (tertiary/aromatic N) is 1. The SMILES string of the molecule is CN=C(NCCc1c[nH]c2c(C)cccc12)NCC1CCCOC1C(C)(C)C. The number of H-pyrrole nitrogens is 1. The standard InChI is InChI=1S/C23H36N4O/c1-16-8-6-10-19-17(14-26-20(16)19)11-12-25-22(24-5)27-15-18-9-7-13-28-21(18)23(2,3)4/h6,8,10,14,18,21,26H,7,9,11-13,15H2,1-5H3,(H2,24,25,27). The van der Waals surface area contributed by atoms with Gasteiger partial charge in [0.05, 0.1) is 6.10 Å². The van der Waals surface area contributed by atoms with E-state index < -0.39 is 0 Å². The predicted molar refractivity (Wildman–Crippen MR) is 118 cm³/mol. The second kappa shape index (κ2) is 8.99. The van der Waals surface area contributed by atoms with Crippen LogP contribution in [0.25, 0.3) is 10.9 Å². The second-order valence-electron chi connectivity index (χ2n) is 9.00. The molecule has 0 amide bonds. The van der Waals surface area contributed by atoms with Crippen molar-refractivity contribution < 1.29 is 4.74 Å². The van der Waals surface area contributed by atoms with Gasteiger partial charge < -0.3 is 20.4 Å². The molecule has 1 aromatic carbocycles. The molecule has 0 spiro atoms. The third kappa shape index (κ3) is 4.88. The van der Waals surface area contributed by atoms with Crippen LogP contribution >= 0.6 is 0 Å². The summed E-state index contributed by atoms with van der Waals surface area (Å²) >= 11 is 0. The zero-order chi connectivity index (χ0) is 20.1. The lowest BCUT2D eigenvalue weighted by atomic mass is 9.78. The Morgan fingerprint density at radius 1 is 1.29 bits per heavy atom. The van der Waals surface area contributed by atoms with E-state index in [9.17, 15) is 0 Å². The van der Waals surface area contributed by atoms with Gasteiger partial charge in [0.15, 0.2) is 5.96 Å². The molecule has 1 aromatic heterocycles. The van der Waals surface area contributed by atoms with E-state index in [1.165, 1.54) is 28.5 Å². The van der Waals surface area contributed by atoms with E-state index >= 15 is 0 Å². The third-order valence-corrected chi connectivity index (χ3v) is 5.75. The topological polar surface area (TPSA) is 61.4 Å². The molecule has 1 saturated heterocycles. The van der Waals surface area contributed by atoms with Gasteiger partial charge in [-0.05, 0) is 42.7 Å². The van der Waals surface area contributed by atoms with Gasteiger partial charge in [-0.2, -0.15) is 0 Å². The summed E-state index contributed by atoms with van der Waals surface area (Å²) in [6.07, 6.45) is 5.73. The van der Waals surface area contributed by atoms with Crippen LogP contribution in [0.2, 0.25) is 0 Å². The van der Waals surface area contributed by atoms with Gasteiger partial charge in [-0.15, -0.1) is 0 Å². The number of para-hydroxylation sites is 1. The van der Waals surface area contributed by atoms with Crippen molar-refractivity contribution in [2.45, 2.75) is 53.1 Å². The first kappa shape index (κ1) is 20.7. The first-order valence-corrected chi connectivity index (χ1v) is 10.5. The second-order valence-corrected chi connectivity index (χ2v) is 9.00. The Morgan fingerprint density at radius 3 is 2.86 bits per heavy atom. The lowest BCUT2D eigenvalue weighted by Gasteiger charge is -2.40. The summed E-state index contributed by atoms with van der Waals surface area (Å²) in [5, 5.41) is 8.30. The van der Waals surface area contributed by atoms with E-state index in [0.29, 0.717) is 12.0 Å². The molecule has 2 unspecified atom stereocenters. The Kier molecular flexibility index (Phi) is 6.65. The van der Waals surface area contributed by atoms with Crippen LogP contribution in [-0.2, 0) is 11.2 Å². The molecule has 1 aliphatic rings. The van der Waals surface area contributed by atoms with E-state index in [-0.39, 0.29) is 5.41 Å². The molecule has 1 aliphatic heterocycles. The van der Waals surface area contributed by atoms with Crippen LogP contribution in [0, 0.1) is 18.3 Å². The Hall–Kier alpha value is -2.01. The number of aromatic amines is 1. The number of benzene rings is 1. The third-order valence-electron chi connectivity index (χ3n) is 5.75. The average Bonchev–Trinajstić information content (AvgIpc) is 3.08. The minimum Gasteiger partial charge on any atom is -0.377 e. The van der Waals surface area contributed by atoms with Crippen molar-refractivity contribution in [2.24, 2.45) is 16.3 Å². The Morgan fingerprint density at radius 2 is 2.11 bits per heavy atom. The quantitative estimate of drug-likeness (QED) is 0.539. The number of guanidine groups is 1. The minimum absolute atomic E-state index is 0.164. The van der Waals surface area contributed by atoms with Crippen LogP contribution in [0.1, 0.15) is 44.7 Å². The van der Waals surface area contributed by atoms with Crippen LogP contribution in [-0.4, -0.2) is 43.8 Å². The smallest absolute Gasteiger partial charge is 0.190 e. The molecular weight excluding hydrogens is 348 g/mol. The molecule has 28 heavy (non-hydrogen) atoms. The van der Waals surface area contributed by atoms with Gasteiger partial charge in [0.1, 0.15) is 0 Å². The fourth-order valence-electron chi connectivity index (χ4n) is 4.34. The van der Waals surface area contributed by atoms with Crippen molar-refractivity contribution in [3.63, 3.8) is 0 Å². The first-order valence-electron chi connectivity index (χ1n) is 10.5. The van der Waals surface area contributed by atoms with Gasteiger partial charge in [-0.3, -0.25) is 4.99 Å². The van der Waals surface area contributed by atoms with Gasteiger partial charge >= 0.3 is 0 Å². The molecule has 0 radical (unpaired) electrons. The Labute approximate surface area is 169 Å². The van der Waals surface area contributed by atoms with Gasteiger partial charge in [0, 0.05) is 49.8 Å². The minimum atomic E-state index is 0.164. The van der Waals surface area contributed by atoms with E-state index in [1.54, 1.807) is 0 Å². The highest BCUT2D eigenvalue weighted by Crippen LogP contribution is 2.33. The molecule has 0 bridgehead atoms. The maximum atomic E-state index is 6.10. The van der Waals surface area contributed by atoms with Crippen LogP contribution in [0.4, 0.5) is 0 Å². The molecule has 1 fully saturated rings. The van der Waals surface area contributed by atoms with Crippen LogP contribution < -0.4 is 10.6 Å². The molecule has 0 saturated carbocycles. The Bertz CT molecular complexity index is 803. The molecule has 2 atom stereocenters. The van der Waals surface area contributed by atoms with E-state index in [4.69, 9.17) is 4.74 Å². The molecule has 2 heterocycles. The van der Waals surface area contributed by atoms with Gasteiger partial charge in [-0.25, -0.2) is 0 Å². The zero-order valence-electron chi connectivity index (χ0n) is 18.1. The number of hydrogen-bond donors (Lipinski definition) is 3. The fourth-order valence-corrected chi connectivity index (χ4v) is 4.34. The molecular formula is C23H36N4O. The summed E-state index contributed by atoms with van der Waals surface area (Å²) in [5.74, 6) is 1.39. The van der Waals surface area contributed by atoms with Crippen molar-refractivity contribution >= 4 is 16.9 Å². The van der Waals surface area contributed by atoms with Gasteiger partial charge in [0.2, 0.25) is 0 Å². The molecule has 5 nitrogen and oxygen atoms in total. The summed E-state index contributed by atoms with van der Waals surface area (Å²) in [5.41, 5.74) is 4.04. The van der Waals surface area contributed by atoms with Crippen LogP contribution in [0.3, 0.4) is 0 Å².